The zero-order chi connectivity index (χ0) is 36.5. The molecule has 0 amide bonds. The van der Waals surface area contributed by atoms with Crippen molar-refractivity contribution in [2.75, 3.05) is 27.1 Å². The van der Waals surface area contributed by atoms with E-state index in [2.05, 4.69) is 48.5 Å². The number of hydrogen-bond donors (Lipinski definition) is 1. The van der Waals surface area contributed by atoms with Gasteiger partial charge >= 0.3 is 12.4 Å². The molecule has 4 nitrogen and oxygen atoms in total. The minimum absolute atomic E-state index is 0.0393. The largest absolute Gasteiger partial charge is 0.417 e. The Labute approximate surface area is 277 Å². The summed E-state index contributed by atoms with van der Waals surface area (Å²) >= 11 is 0. The van der Waals surface area contributed by atoms with Crippen LogP contribution < -0.4 is 0 Å². The van der Waals surface area contributed by atoms with E-state index in [1.807, 2.05) is 20.8 Å². The standard InChI is InChI=1S/C36H68F6O4/c1-29(2,3)16-14-28(24-33(11,43)35(37,38)39)23-32(9,10)19-18-31(7,8)17-15-27(22-30(4,5)6)25-34(12,36(40,41)42)46-26-45-21-20-44-13/h27-28,43H,14-26H2,1-13H3. The third-order valence-corrected chi connectivity index (χ3v) is 9.22. The summed E-state index contributed by atoms with van der Waals surface area (Å²) < 4.78 is 99.2. The first-order chi connectivity index (χ1) is 20.3. The molecule has 0 aliphatic rings. The summed E-state index contributed by atoms with van der Waals surface area (Å²) in [6.45, 7) is 22.5. The predicted octanol–water partition coefficient (Wildman–Crippen LogP) is 11.5. The Morgan fingerprint density at radius 1 is 0.543 bits per heavy atom. The Morgan fingerprint density at radius 3 is 1.50 bits per heavy atom. The van der Waals surface area contributed by atoms with E-state index in [1.165, 1.54) is 7.11 Å². The van der Waals surface area contributed by atoms with Crippen LogP contribution in [-0.2, 0) is 14.2 Å². The average molecular weight is 679 g/mol. The molecule has 0 aliphatic heterocycles. The van der Waals surface area contributed by atoms with Gasteiger partial charge in [0.2, 0.25) is 0 Å². The van der Waals surface area contributed by atoms with E-state index in [-0.39, 0.29) is 59.6 Å². The number of aliphatic hydroxyl groups is 1. The minimum Gasteiger partial charge on any atom is -0.382 e. The Morgan fingerprint density at radius 2 is 1.04 bits per heavy atom. The van der Waals surface area contributed by atoms with Gasteiger partial charge in [0.25, 0.3) is 0 Å². The second-order valence-corrected chi connectivity index (χ2v) is 18.2. The van der Waals surface area contributed by atoms with Crippen LogP contribution in [0, 0.1) is 33.5 Å². The van der Waals surface area contributed by atoms with Crippen molar-refractivity contribution in [3.63, 3.8) is 0 Å². The molecule has 0 aromatic rings. The maximum atomic E-state index is 14.3. The van der Waals surface area contributed by atoms with Crippen LogP contribution in [0.15, 0.2) is 0 Å². The lowest BCUT2D eigenvalue weighted by molar-refractivity contribution is -0.298. The quantitative estimate of drug-likeness (QED) is 0.0746. The molecule has 10 heteroatoms. The molecule has 0 saturated carbocycles. The lowest BCUT2D eigenvalue weighted by Crippen LogP contribution is -2.47. The van der Waals surface area contributed by atoms with Crippen molar-refractivity contribution in [3.05, 3.63) is 0 Å². The van der Waals surface area contributed by atoms with Crippen molar-refractivity contribution in [2.24, 2.45) is 33.5 Å². The van der Waals surface area contributed by atoms with E-state index >= 15 is 0 Å². The highest BCUT2D eigenvalue weighted by molar-refractivity contribution is 4.90. The molecule has 0 heterocycles. The zero-order valence-electron chi connectivity index (χ0n) is 31.3. The SMILES string of the molecule is COCCOCOC(C)(CC(CCC(C)(C)CCC(C)(C)CC(CCC(C)(C)C)CC(C)(O)C(F)(F)F)CC(C)(C)C)C(F)(F)F. The summed E-state index contributed by atoms with van der Waals surface area (Å²) in [6.07, 6.45) is -4.48. The number of methoxy groups -OCH3 is 1. The molecule has 0 bridgehead atoms. The van der Waals surface area contributed by atoms with Crippen LogP contribution >= 0.6 is 0 Å². The van der Waals surface area contributed by atoms with Gasteiger partial charge < -0.3 is 19.3 Å². The molecule has 0 aromatic carbocycles. The molecule has 0 aromatic heterocycles. The van der Waals surface area contributed by atoms with Crippen LogP contribution in [0.5, 0.6) is 0 Å². The second-order valence-electron chi connectivity index (χ2n) is 18.2. The zero-order valence-corrected chi connectivity index (χ0v) is 31.3. The van der Waals surface area contributed by atoms with Crippen molar-refractivity contribution in [1.29, 1.82) is 0 Å². The molecular weight excluding hydrogens is 610 g/mol. The molecule has 4 atom stereocenters. The molecule has 0 rings (SSSR count). The van der Waals surface area contributed by atoms with E-state index in [0.717, 1.165) is 33.1 Å². The molecule has 46 heavy (non-hydrogen) atoms. The summed E-state index contributed by atoms with van der Waals surface area (Å²) in [6, 6.07) is 0. The van der Waals surface area contributed by atoms with Crippen LogP contribution in [0.1, 0.15) is 147 Å². The highest BCUT2D eigenvalue weighted by Crippen LogP contribution is 2.46. The predicted molar refractivity (Wildman–Crippen MR) is 175 cm³/mol. The van der Waals surface area contributed by atoms with Crippen LogP contribution in [0.4, 0.5) is 26.3 Å². The van der Waals surface area contributed by atoms with Crippen molar-refractivity contribution in [2.45, 2.75) is 171 Å². The normalized spacial score (nSPS) is 18.3. The number of ether oxygens (including phenoxy) is 3. The molecule has 1 N–H and O–H groups in total. The lowest BCUT2D eigenvalue weighted by Gasteiger charge is -2.39. The number of hydrogen-bond acceptors (Lipinski definition) is 4. The first kappa shape index (κ1) is 45.4. The minimum atomic E-state index is -4.70. The van der Waals surface area contributed by atoms with Gasteiger partial charge in [-0.2, -0.15) is 26.3 Å². The highest BCUT2D eigenvalue weighted by Gasteiger charge is 2.54. The Kier molecular flexibility index (Phi) is 17.2. The molecule has 0 aliphatic carbocycles. The monoisotopic (exact) mass is 679 g/mol. The summed E-state index contributed by atoms with van der Waals surface area (Å²) in [5, 5.41) is 10.3. The summed E-state index contributed by atoms with van der Waals surface area (Å²) in [7, 11) is 1.48. The van der Waals surface area contributed by atoms with Crippen LogP contribution in [0.25, 0.3) is 0 Å². The third-order valence-electron chi connectivity index (χ3n) is 9.22. The lowest BCUT2D eigenvalue weighted by atomic mass is 9.69. The average Bonchev–Trinajstić information content (AvgIpc) is 2.82. The summed E-state index contributed by atoms with van der Waals surface area (Å²) in [4.78, 5) is 0. The van der Waals surface area contributed by atoms with Crippen molar-refractivity contribution in [3.8, 4) is 0 Å². The van der Waals surface area contributed by atoms with Gasteiger partial charge in [-0.25, -0.2) is 0 Å². The van der Waals surface area contributed by atoms with Gasteiger partial charge in [-0.3, -0.25) is 0 Å². The Bertz CT molecular complexity index is 853. The van der Waals surface area contributed by atoms with Gasteiger partial charge in [0.15, 0.2) is 11.2 Å². The van der Waals surface area contributed by atoms with Gasteiger partial charge in [0.05, 0.1) is 13.2 Å². The van der Waals surface area contributed by atoms with Gasteiger partial charge in [-0.05, 0) is 112 Å². The molecule has 0 radical (unpaired) electrons. The number of rotatable bonds is 21. The van der Waals surface area contributed by atoms with Gasteiger partial charge in [-0.1, -0.05) is 69.2 Å². The topological polar surface area (TPSA) is 47.9 Å². The van der Waals surface area contributed by atoms with E-state index in [9.17, 15) is 31.4 Å². The van der Waals surface area contributed by atoms with Crippen molar-refractivity contribution in [1.82, 2.24) is 0 Å². The number of halogens is 6. The molecule has 0 spiro atoms. The fourth-order valence-electron chi connectivity index (χ4n) is 6.19. The van der Waals surface area contributed by atoms with Gasteiger partial charge in [0.1, 0.15) is 6.79 Å². The molecular formula is C36H68F6O4. The first-order valence-corrected chi connectivity index (χ1v) is 16.9. The Hall–Kier alpha value is -0.580. The molecule has 0 saturated heterocycles. The van der Waals surface area contributed by atoms with Crippen molar-refractivity contribution < 1.29 is 45.7 Å². The maximum Gasteiger partial charge on any atom is 0.417 e. The fraction of sp³-hybridized carbons (Fsp3) is 1.00. The molecule has 278 valence electrons. The smallest absolute Gasteiger partial charge is 0.382 e. The third kappa shape index (κ3) is 18.8. The Balaban J connectivity index is 5.66. The summed E-state index contributed by atoms with van der Waals surface area (Å²) in [5.41, 5.74) is -5.80. The number of alkyl halides is 6. The first-order valence-electron chi connectivity index (χ1n) is 16.9. The van der Waals surface area contributed by atoms with E-state index in [0.29, 0.717) is 32.1 Å². The van der Waals surface area contributed by atoms with E-state index in [4.69, 9.17) is 14.2 Å². The van der Waals surface area contributed by atoms with Crippen LogP contribution in [0.2, 0.25) is 0 Å². The fourth-order valence-corrected chi connectivity index (χ4v) is 6.19. The second kappa shape index (κ2) is 17.4. The van der Waals surface area contributed by atoms with Crippen molar-refractivity contribution >= 4 is 0 Å². The highest BCUT2D eigenvalue weighted by atomic mass is 19.4. The van der Waals surface area contributed by atoms with E-state index < -0.39 is 30.3 Å². The summed E-state index contributed by atoms with van der Waals surface area (Å²) in [5.74, 6) is -0.548. The van der Waals surface area contributed by atoms with Crippen LogP contribution in [-0.4, -0.2) is 55.8 Å². The molecule has 0 fully saturated rings. The van der Waals surface area contributed by atoms with E-state index in [1.54, 1.807) is 0 Å². The van der Waals surface area contributed by atoms with Crippen LogP contribution in [0.3, 0.4) is 0 Å². The van der Waals surface area contributed by atoms with Gasteiger partial charge in [-0.15, -0.1) is 0 Å². The van der Waals surface area contributed by atoms with Gasteiger partial charge in [0, 0.05) is 7.11 Å². The maximum absolute atomic E-state index is 14.3. The molecule has 4 unspecified atom stereocenters.